The Bertz CT molecular complexity index is 343. The number of hydrogen-bond donors (Lipinski definition) is 0. The molecule has 0 spiro atoms. The summed E-state index contributed by atoms with van der Waals surface area (Å²) in [5, 5.41) is 0. The zero-order chi connectivity index (χ0) is 11.8. The van der Waals surface area contributed by atoms with Crippen LogP contribution in [0.15, 0.2) is 17.2 Å². The molecule has 0 fully saturated rings. The van der Waals surface area contributed by atoms with E-state index in [1.165, 1.54) is 0 Å². The van der Waals surface area contributed by atoms with Crippen LogP contribution in [-0.2, 0) is 22.6 Å². The van der Waals surface area contributed by atoms with Crippen LogP contribution in [0.3, 0.4) is 0 Å². The number of aromatic nitrogens is 2. The fraction of sp³-hybridized carbons (Fsp3) is 0.727. The molecular formula is C11H20N2O3. The Kier molecular flexibility index (Phi) is 5.88. The van der Waals surface area contributed by atoms with Crippen LogP contribution in [0.5, 0.6) is 0 Å². The topological polar surface area (TPSA) is 45.4 Å². The van der Waals surface area contributed by atoms with Gasteiger partial charge in [0.1, 0.15) is 0 Å². The summed E-state index contributed by atoms with van der Waals surface area (Å²) >= 11 is 0. The van der Waals surface area contributed by atoms with Crippen LogP contribution in [-0.4, -0.2) is 36.1 Å². The number of imidazole rings is 1. The Labute approximate surface area is 95.6 Å². The standard InChI is InChI=1S/C11H20N2O3/c1-3-4-12-5-6-13(11(12)14)7-8-16-10-9-15-2/h5-6H,3-4,7-10H2,1-2H3. The van der Waals surface area contributed by atoms with Crippen molar-refractivity contribution in [1.82, 2.24) is 9.13 Å². The summed E-state index contributed by atoms with van der Waals surface area (Å²) < 4.78 is 13.6. The van der Waals surface area contributed by atoms with Crippen LogP contribution in [0.25, 0.3) is 0 Å². The first kappa shape index (κ1) is 13.0. The van der Waals surface area contributed by atoms with Gasteiger partial charge in [-0.25, -0.2) is 4.79 Å². The van der Waals surface area contributed by atoms with Crippen molar-refractivity contribution >= 4 is 0 Å². The minimum absolute atomic E-state index is 0.0391. The lowest BCUT2D eigenvalue weighted by molar-refractivity contribution is 0.0662. The molecule has 0 aliphatic carbocycles. The second kappa shape index (κ2) is 7.24. The van der Waals surface area contributed by atoms with Crippen LogP contribution in [0, 0.1) is 0 Å². The highest BCUT2D eigenvalue weighted by Crippen LogP contribution is 1.89. The van der Waals surface area contributed by atoms with E-state index >= 15 is 0 Å². The third-order valence-corrected chi connectivity index (χ3v) is 2.29. The van der Waals surface area contributed by atoms with Gasteiger partial charge >= 0.3 is 5.69 Å². The zero-order valence-corrected chi connectivity index (χ0v) is 10.0. The predicted molar refractivity (Wildman–Crippen MR) is 61.7 cm³/mol. The zero-order valence-electron chi connectivity index (χ0n) is 10.0. The lowest BCUT2D eigenvalue weighted by Gasteiger charge is -2.03. The smallest absolute Gasteiger partial charge is 0.328 e. The molecule has 0 aliphatic heterocycles. The molecule has 5 heteroatoms. The maximum absolute atomic E-state index is 11.7. The first-order chi connectivity index (χ1) is 7.79. The van der Waals surface area contributed by atoms with Crippen molar-refractivity contribution in [2.75, 3.05) is 26.9 Å². The summed E-state index contributed by atoms with van der Waals surface area (Å²) in [6.07, 6.45) is 4.59. The van der Waals surface area contributed by atoms with E-state index in [0.29, 0.717) is 26.4 Å². The maximum atomic E-state index is 11.7. The number of hydrogen-bond acceptors (Lipinski definition) is 3. The van der Waals surface area contributed by atoms with E-state index in [4.69, 9.17) is 9.47 Å². The molecule has 92 valence electrons. The minimum Gasteiger partial charge on any atom is -0.382 e. The van der Waals surface area contributed by atoms with Gasteiger partial charge in [0.15, 0.2) is 0 Å². The third kappa shape index (κ3) is 3.83. The minimum atomic E-state index is 0.0391. The van der Waals surface area contributed by atoms with Gasteiger partial charge in [-0.15, -0.1) is 0 Å². The van der Waals surface area contributed by atoms with Gasteiger partial charge in [0, 0.05) is 26.0 Å². The molecule has 1 aromatic rings. The first-order valence-corrected chi connectivity index (χ1v) is 5.61. The van der Waals surface area contributed by atoms with Crippen LogP contribution >= 0.6 is 0 Å². The Morgan fingerprint density at radius 2 is 1.81 bits per heavy atom. The van der Waals surface area contributed by atoms with Crippen LogP contribution in [0.2, 0.25) is 0 Å². The van der Waals surface area contributed by atoms with Crippen molar-refractivity contribution in [3.8, 4) is 0 Å². The van der Waals surface area contributed by atoms with E-state index in [1.54, 1.807) is 22.4 Å². The Morgan fingerprint density at radius 3 is 2.44 bits per heavy atom. The molecule has 0 aromatic carbocycles. The highest BCUT2D eigenvalue weighted by molar-refractivity contribution is 4.81. The van der Waals surface area contributed by atoms with Crippen molar-refractivity contribution in [3.05, 3.63) is 22.9 Å². The molecule has 0 amide bonds. The molecule has 1 aromatic heterocycles. The molecule has 5 nitrogen and oxygen atoms in total. The summed E-state index contributed by atoms with van der Waals surface area (Å²) in [6.45, 7) is 5.12. The molecule has 0 atom stereocenters. The molecule has 1 rings (SSSR count). The summed E-state index contributed by atoms with van der Waals surface area (Å²) in [4.78, 5) is 11.7. The molecule has 0 aliphatic rings. The first-order valence-electron chi connectivity index (χ1n) is 5.61. The van der Waals surface area contributed by atoms with E-state index in [0.717, 1.165) is 13.0 Å². The fourth-order valence-corrected chi connectivity index (χ4v) is 1.44. The molecule has 0 unspecified atom stereocenters. The number of ether oxygens (including phenoxy) is 2. The van der Waals surface area contributed by atoms with Crippen LogP contribution in [0.4, 0.5) is 0 Å². The van der Waals surface area contributed by atoms with Crippen molar-refractivity contribution in [2.24, 2.45) is 0 Å². The number of aryl methyl sites for hydroxylation is 1. The molecule has 0 saturated heterocycles. The molecule has 1 heterocycles. The average Bonchev–Trinajstić information content (AvgIpc) is 2.62. The molecule has 0 radical (unpaired) electrons. The van der Waals surface area contributed by atoms with Crippen molar-refractivity contribution < 1.29 is 9.47 Å². The number of nitrogens with zero attached hydrogens (tertiary/aromatic N) is 2. The molecule has 0 bridgehead atoms. The largest absolute Gasteiger partial charge is 0.382 e. The second-order valence-corrected chi connectivity index (χ2v) is 3.57. The van der Waals surface area contributed by atoms with Gasteiger partial charge in [-0.3, -0.25) is 9.13 Å². The van der Waals surface area contributed by atoms with Gasteiger partial charge in [0.2, 0.25) is 0 Å². The summed E-state index contributed by atoms with van der Waals surface area (Å²) in [5.41, 5.74) is 0.0391. The van der Waals surface area contributed by atoms with E-state index in [2.05, 4.69) is 6.92 Å². The van der Waals surface area contributed by atoms with Crippen LogP contribution in [0.1, 0.15) is 13.3 Å². The highest BCUT2D eigenvalue weighted by Gasteiger charge is 2.01. The lowest BCUT2D eigenvalue weighted by Crippen LogP contribution is -2.25. The average molecular weight is 228 g/mol. The van der Waals surface area contributed by atoms with E-state index in [-0.39, 0.29) is 5.69 Å². The normalized spacial score (nSPS) is 10.9. The molecule has 0 N–H and O–H groups in total. The van der Waals surface area contributed by atoms with Gasteiger partial charge in [0.05, 0.1) is 26.4 Å². The van der Waals surface area contributed by atoms with Crippen LogP contribution < -0.4 is 5.69 Å². The predicted octanol–water partition coefficient (Wildman–Crippen LogP) is 0.723. The van der Waals surface area contributed by atoms with Gasteiger partial charge in [-0.1, -0.05) is 6.92 Å². The monoisotopic (exact) mass is 228 g/mol. The van der Waals surface area contributed by atoms with Gasteiger partial charge < -0.3 is 9.47 Å². The fourth-order valence-electron chi connectivity index (χ4n) is 1.44. The van der Waals surface area contributed by atoms with Gasteiger partial charge in [-0.05, 0) is 6.42 Å². The lowest BCUT2D eigenvalue weighted by atomic mass is 10.5. The van der Waals surface area contributed by atoms with Gasteiger partial charge in [-0.2, -0.15) is 0 Å². The Balaban J connectivity index is 2.34. The molecular weight excluding hydrogens is 208 g/mol. The maximum Gasteiger partial charge on any atom is 0.328 e. The number of rotatable bonds is 8. The van der Waals surface area contributed by atoms with E-state index < -0.39 is 0 Å². The summed E-state index contributed by atoms with van der Waals surface area (Å²) in [6, 6.07) is 0. The molecule has 16 heavy (non-hydrogen) atoms. The van der Waals surface area contributed by atoms with Crippen molar-refractivity contribution in [2.45, 2.75) is 26.4 Å². The quantitative estimate of drug-likeness (QED) is 0.616. The third-order valence-electron chi connectivity index (χ3n) is 2.29. The Hall–Kier alpha value is -1.07. The van der Waals surface area contributed by atoms with E-state index in [1.807, 2.05) is 6.20 Å². The molecule has 0 saturated carbocycles. The van der Waals surface area contributed by atoms with E-state index in [9.17, 15) is 4.79 Å². The second-order valence-electron chi connectivity index (χ2n) is 3.57. The van der Waals surface area contributed by atoms with Gasteiger partial charge in [0.25, 0.3) is 0 Å². The van der Waals surface area contributed by atoms with Crippen molar-refractivity contribution in [1.29, 1.82) is 0 Å². The summed E-state index contributed by atoms with van der Waals surface area (Å²) in [7, 11) is 1.64. The SMILES string of the molecule is CCCn1ccn(CCOCCOC)c1=O. The Morgan fingerprint density at radius 1 is 1.12 bits per heavy atom. The number of methoxy groups -OCH3 is 1. The summed E-state index contributed by atoms with van der Waals surface area (Å²) in [5.74, 6) is 0. The highest BCUT2D eigenvalue weighted by atomic mass is 16.5. The van der Waals surface area contributed by atoms with Crippen molar-refractivity contribution in [3.63, 3.8) is 0 Å².